The van der Waals surface area contributed by atoms with Crippen molar-refractivity contribution in [2.24, 2.45) is 0 Å². The Morgan fingerprint density at radius 1 is 0.897 bits per heavy atom. The van der Waals surface area contributed by atoms with Crippen LogP contribution in [-0.4, -0.2) is 4.89 Å². The predicted octanol–water partition coefficient (Wildman–Crippen LogP) is 5.39. The molecule has 1 N–H and O–H groups in total. The first-order valence-corrected chi connectivity index (χ1v) is 10.8. The molecule has 7 heteroatoms. The Bertz CT molecular complexity index is 1210. The van der Waals surface area contributed by atoms with Gasteiger partial charge in [0, 0.05) is 23.1 Å². The summed E-state index contributed by atoms with van der Waals surface area (Å²) in [5.74, 6) is 0.323. The zero-order valence-electron chi connectivity index (χ0n) is 15.3. The number of halogens is 1. The Morgan fingerprint density at radius 3 is 2.52 bits per heavy atom. The maximum Gasteiger partial charge on any atom is 0.584 e. The minimum atomic E-state index is -4.40. The largest absolute Gasteiger partial charge is 0.584 e. The average Bonchev–Trinajstić information content (AvgIpc) is 2.70. The second-order valence-electron chi connectivity index (χ2n) is 6.42. The van der Waals surface area contributed by atoms with E-state index in [1.807, 2.05) is 30.5 Å². The molecule has 1 heterocycles. The van der Waals surface area contributed by atoms with E-state index in [9.17, 15) is 9.46 Å². The summed E-state index contributed by atoms with van der Waals surface area (Å²) in [6.45, 7) is 0.583. The molecule has 0 fully saturated rings. The van der Waals surface area contributed by atoms with Crippen LogP contribution < -0.4 is 13.6 Å². The minimum Gasteiger partial charge on any atom is -0.395 e. The van der Waals surface area contributed by atoms with Gasteiger partial charge in [0.25, 0.3) is 0 Å². The van der Waals surface area contributed by atoms with Crippen LogP contribution in [0.2, 0.25) is 5.02 Å². The van der Waals surface area contributed by atoms with Crippen molar-refractivity contribution < 1.29 is 23.1 Å². The number of para-hydroxylation sites is 2. The summed E-state index contributed by atoms with van der Waals surface area (Å²) >= 11 is 5.98. The average molecular weight is 427 g/mol. The third-order valence-corrected chi connectivity index (χ3v) is 5.49. The Kier molecular flexibility index (Phi) is 5.54. The number of fused-ring (bicyclic) bond motifs is 1. The van der Waals surface area contributed by atoms with Crippen molar-refractivity contribution in [1.82, 2.24) is 0 Å². The first-order chi connectivity index (χ1) is 14.0. The van der Waals surface area contributed by atoms with Gasteiger partial charge in [-0.1, -0.05) is 48.0 Å². The summed E-state index contributed by atoms with van der Waals surface area (Å²) in [6.07, 6.45) is 1.99. The minimum absolute atomic E-state index is 0.0856. The van der Waals surface area contributed by atoms with Crippen molar-refractivity contribution in [3.05, 3.63) is 102 Å². The van der Waals surface area contributed by atoms with Gasteiger partial charge in [0.1, 0.15) is 5.75 Å². The summed E-state index contributed by atoms with van der Waals surface area (Å²) in [4.78, 5) is 10.1. The van der Waals surface area contributed by atoms with Crippen molar-refractivity contribution in [3.8, 4) is 11.5 Å². The fraction of sp³-hybridized carbons (Fsp3) is 0.0455. The summed E-state index contributed by atoms with van der Waals surface area (Å²) in [7, 11) is -4.40. The molecule has 4 rings (SSSR count). The van der Waals surface area contributed by atoms with Crippen LogP contribution in [0.3, 0.4) is 0 Å². The number of phosphoric ester groups is 1. The van der Waals surface area contributed by atoms with Crippen LogP contribution in [0.1, 0.15) is 5.56 Å². The van der Waals surface area contributed by atoms with Crippen molar-refractivity contribution in [1.29, 1.82) is 0 Å². The Hall–Kier alpha value is -2.85. The van der Waals surface area contributed by atoms with Gasteiger partial charge in [0.05, 0.1) is 5.02 Å². The molecule has 0 spiro atoms. The normalized spacial score (nSPS) is 13.0. The van der Waals surface area contributed by atoms with E-state index >= 15 is 0 Å². The molecule has 0 saturated carbocycles. The molecule has 146 valence electrons. The van der Waals surface area contributed by atoms with E-state index in [1.165, 1.54) is 6.07 Å². The maximum atomic E-state index is 12.4. The topological polar surface area (TPSA) is 59.6 Å². The molecule has 4 aromatic rings. The zero-order valence-corrected chi connectivity index (χ0v) is 17.0. The number of pyridine rings is 1. The number of hydrogen-bond acceptors (Lipinski definition) is 3. The molecule has 5 nitrogen and oxygen atoms in total. The van der Waals surface area contributed by atoms with E-state index in [0.717, 1.165) is 16.5 Å². The summed E-state index contributed by atoms with van der Waals surface area (Å²) < 4.78 is 24.9. The van der Waals surface area contributed by atoms with E-state index < -0.39 is 7.82 Å². The number of rotatable bonds is 6. The van der Waals surface area contributed by atoms with Crippen molar-refractivity contribution in [2.75, 3.05) is 0 Å². The van der Waals surface area contributed by atoms with Crippen LogP contribution >= 0.6 is 19.4 Å². The maximum absolute atomic E-state index is 12.4. The van der Waals surface area contributed by atoms with Gasteiger partial charge in [-0.25, -0.2) is 4.57 Å². The Balaban J connectivity index is 1.54. The number of nitrogens with zero attached hydrogens (tertiary/aromatic N) is 1. The third kappa shape index (κ3) is 4.77. The highest BCUT2D eigenvalue weighted by molar-refractivity contribution is 7.48. The highest BCUT2D eigenvalue weighted by atomic mass is 35.5. The first-order valence-electron chi connectivity index (χ1n) is 8.93. The lowest BCUT2D eigenvalue weighted by atomic mass is 10.2. The van der Waals surface area contributed by atoms with Crippen molar-refractivity contribution in [2.45, 2.75) is 6.54 Å². The summed E-state index contributed by atoms with van der Waals surface area (Å²) in [6, 6.07) is 25.6. The molecule has 1 unspecified atom stereocenters. The molecule has 0 aliphatic heterocycles. The van der Waals surface area contributed by atoms with Gasteiger partial charge in [-0.15, -0.1) is 0 Å². The van der Waals surface area contributed by atoms with E-state index in [2.05, 4.69) is 22.8 Å². The molecule has 0 aliphatic rings. The highest BCUT2D eigenvalue weighted by Crippen LogP contribution is 2.46. The van der Waals surface area contributed by atoms with Crippen LogP contribution in [0.5, 0.6) is 11.5 Å². The summed E-state index contributed by atoms with van der Waals surface area (Å²) in [5.41, 5.74) is 2.01. The molecule has 3 aromatic carbocycles. The molecule has 0 bridgehead atoms. The Labute approximate surface area is 173 Å². The van der Waals surface area contributed by atoms with Gasteiger partial charge in [0.2, 0.25) is 5.52 Å². The monoisotopic (exact) mass is 426 g/mol. The Morgan fingerprint density at radius 2 is 1.66 bits per heavy atom. The lowest BCUT2D eigenvalue weighted by Crippen LogP contribution is -2.34. The lowest BCUT2D eigenvalue weighted by molar-refractivity contribution is -0.662. The highest BCUT2D eigenvalue weighted by Gasteiger charge is 2.26. The third-order valence-electron chi connectivity index (χ3n) is 4.31. The van der Waals surface area contributed by atoms with E-state index in [1.54, 1.807) is 36.4 Å². The molecule has 0 saturated heterocycles. The summed E-state index contributed by atoms with van der Waals surface area (Å²) in [5, 5.41) is 1.36. The zero-order chi connectivity index (χ0) is 20.3. The fourth-order valence-corrected chi connectivity index (χ4v) is 4.10. The van der Waals surface area contributed by atoms with Crippen LogP contribution in [0.4, 0.5) is 0 Å². The molecule has 0 radical (unpaired) electrons. The fourth-order valence-electron chi connectivity index (χ4n) is 3.05. The van der Waals surface area contributed by atoms with Gasteiger partial charge in [-0.3, -0.25) is 4.89 Å². The van der Waals surface area contributed by atoms with Crippen molar-refractivity contribution in [3.63, 3.8) is 0 Å². The van der Waals surface area contributed by atoms with Crippen LogP contribution in [0.15, 0.2) is 91.1 Å². The SMILES string of the molecule is O=P(O)(Oc1cccc(C[n+]2cccc3ccccc32)c1)Oc1ccccc1Cl. The molecule has 0 amide bonds. The van der Waals surface area contributed by atoms with E-state index in [4.69, 9.17) is 20.6 Å². The number of aromatic nitrogens is 1. The number of phosphoric acid groups is 1. The number of hydrogen-bond donors (Lipinski definition) is 1. The molecule has 29 heavy (non-hydrogen) atoms. The van der Waals surface area contributed by atoms with Gasteiger partial charge in [0.15, 0.2) is 18.5 Å². The van der Waals surface area contributed by atoms with Crippen molar-refractivity contribution >= 4 is 30.3 Å². The molecule has 1 atom stereocenters. The molecular weight excluding hydrogens is 409 g/mol. The van der Waals surface area contributed by atoms with E-state index in [0.29, 0.717) is 6.54 Å². The second-order valence-corrected chi connectivity index (χ2v) is 8.13. The second kappa shape index (κ2) is 8.26. The quantitative estimate of drug-likeness (QED) is 0.332. The standard InChI is InChI=1S/C22H17ClNO4P/c23-20-11-2-4-13-22(20)28-29(25,26)27-19-10-5-7-17(15-19)16-24-14-6-9-18-8-1-3-12-21(18)24/h1-15H,16H2/p+1. The number of benzene rings is 3. The van der Waals surface area contributed by atoms with E-state index in [-0.39, 0.29) is 16.5 Å². The smallest absolute Gasteiger partial charge is 0.395 e. The van der Waals surface area contributed by atoms with Crippen LogP contribution in [-0.2, 0) is 11.1 Å². The van der Waals surface area contributed by atoms with Gasteiger partial charge in [-0.2, -0.15) is 4.57 Å². The first kappa shape index (κ1) is 19.5. The van der Waals surface area contributed by atoms with Gasteiger partial charge < -0.3 is 9.05 Å². The molecular formula is C22H18ClNO4P+. The lowest BCUT2D eigenvalue weighted by Gasteiger charge is -2.14. The molecule has 0 aliphatic carbocycles. The van der Waals surface area contributed by atoms with Gasteiger partial charge >= 0.3 is 7.82 Å². The predicted molar refractivity (Wildman–Crippen MR) is 112 cm³/mol. The van der Waals surface area contributed by atoms with Crippen LogP contribution in [0, 0.1) is 0 Å². The van der Waals surface area contributed by atoms with Gasteiger partial charge in [-0.05, 0) is 36.4 Å². The molecule has 1 aromatic heterocycles. The van der Waals surface area contributed by atoms with Crippen LogP contribution in [0.25, 0.3) is 10.9 Å².